The van der Waals surface area contributed by atoms with Gasteiger partial charge in [-0.05, 0) is 18.2 Å². The van der Waals surface area contributed by atoms with E-state index in [2.05, 4.69) is 0 Å². The number of hydrogen-bond donors (Lipinski definition) is 0. The maximum absolute atomic E-state index is 12.2. The van der Waals surface area contributed by atoms with Crippen LogP contribution in [0.3, 0.4) is 0 Å². The van der Waals surface area contributed by atoms with Crippen LogP contribution in [-0.4, -0.2) is 36.8 Å². The van der Waals surface area contributed by atoms with Crippen molar-refractivity contribution in [1.82, 2.24) is 4.90 Å². The molecule has 0 saturated heterocycles. The van der Waals surface area contributed by atoms with Crippen molar-refractivity contribution >= 4 is 17.8 Å². The lowest BCUT2D eigenvalue weighted by atomic mass is 10.2. The zero-order valence-corrected chi connectivity index (χ0v) is 14.3. The molecule has 0 spiro atoms. The minimum Gasteiger partial charge on any atom is -0.426 e. The van der Waals surface area contributed by atoms with Crippen LogP contribution in [0.4, 0.5) is 0 Å². The summed E-state index contributed by atoms with van der Waals surface area (Å²) >= 11 is 0. The van der Waals surface area contributed by atoms with Gasteiger partial charge in [0.2, 0.25) is 0 Å². The molecule has 0 radical (unpaired) electrons. The maximum atomic E-state index is 12.2. The Balaban J connectivity index is 2.09. The van der Waals surface area contributed by atoms with Crippen LogP contribution in [0.25, 0.3) is 0 Å². The third kappa shape index (κ3) is 4.87. The number of benzene rings is 1. The molecule has 0 saturated carbocycles. The summed E-state index contributed by atoms with van der Waals surface area (Å²) in [4.78, 5) is 36.8. The molecule has 0 aliphatic carbocycles. The number of ether oxygens (including phenoxy) is 2. The SMILES string of the molecule is CC(=O)Oc1ccccc1C(=O)OC[n+]1cccc(C(=O)N(C)C)c1. The molecule has 0 bridgehead atoms. The Kier molecular flexibility index (Phi) is 5.84. The van der Waals surface area contributed by atoms with Crippen LogP contribution in [0.2, 0.25) is 0 Å². The van der Waals surface area contributed by atoms with Crippen molar-refractivity contribution < 1.29 is 28.4 Å². The fraction of sp³-hybridized carbons (Fsp3) is 0.222. The van der Waals surface area contributed by atoms with Gasteiger partial charge in [-0.1, -0.05) is 12.1 Å². The standard InChI is InChI=1S/C18H19N2O5/c1-13(21)25-16-9-5-4-8-15(16)18(23)24-12-20-10-6-7-14(11-20)17(22)19(2)3/h4-11H,12H2,1-3H3/q+1. The van der Waals surface area contributed by atoms with E-state index in [0.717, 1.165) is 0 Å². The first kappa shape index (κ1) is 18.1. The van der Waals surface area contributed by atoms with Crippen molar-refractivity contribution in [2.24, 2.45) is 0 Å². The van der Waals surface area contributed by atoms with E-state index in [-0.39, 0.29) is 24.0 Å². The molecule has 25 heavy (non-hydrogen) atoms. The summed E-state index contributed by atoms with van der Waals surface area (Å²) in [5.74, 6) is -1.17. The Morgan fingerprint density at radius 1 is 1.08 bits per heavy atom. The molecule has 1 aromatic carbocycles. The molecule has 7 nitrogen and oxygen atoms in total. The predicted molar refractivity (Wildman–Crippen MR) is 87.8 cm³/mol. The van der Waals surface area contributed by atoms with E-state index < -0.39 is 11.9 Å². The topological polar surface area (TPSA) is 76.8 Å². The second-order valence-corrected chi connectivity index (χ2v) is 5.46. The van der Waals surface area contributed by atoms with Gasteiger partial charge in [0.25, 0.3) is 12.6 Å². The maximum Gasteiger partial charge on any atom is 0.346 e. The fourth-order valence-corrected chi connectivity index (χ4v) is 2.08. The Labute approximate surface area is 145 Å². The van der Waals surface area contributed by atoms with Crippen molar-refractivity contribution in [3.05, 3.63) is 59.9 Å². The molecule has 0 atom stereocenters. The Morgan fingerprint density at radius 2 is 1.80 bits per heavy atom. The molecule has 0 N–H and O–H groups in total. The number of rotatable bonds is 5. The molecule has 130 valence electrons. The van der Waals surface area contributed by atoms with Crippen molar-refractivity contribution in [1.29, 1.82) is 0 Å². The van der Waals surface area contributed by atoms with Gasteiger partial charge in [0.1, 0.15) is 16.9 Å². The molecule has 0 unspecified atom stereocenters. The minimum atomic E-state index is -0.631. The van der Waals surface area contributed by atoms with Crippen LogP contribution < -0.4 is 9.30 Å². The molecule has 1 amide bonds. The molecule has 0 aliphatic rings. The van der Waals surface area contributed by atoms with E-state index in [9.17, 15) is 14.4 Å². The summed E-state index contributed by atoms with van der Waals surface area (Å²) in [5.41, 5.74) is 0.627. The zero-order valence-electron chi connectivity index (χ0n) is 14.3. The third-order valence-electron chi connectivity index (χ3n) is 3.22. The number of para-hydroxylation sites is 1. The summed E-state index contributed by atoms with van der Waals surface area (Å²) in [7, 11) is 3.32. The van der Waals surface area contributed by atoms with Gasteiger partial charge in [0.15, 0.2) is 12.4 Å². The highest BCUT2D eigenvalue weighted by Gasteiger charge is 2.17. The number of hydrogen-bond acceptors (Lipinski definition) is 5. The molecule has 2 rings (SSSR count). The largest absolute Gasteiger partial charge is 0.426 e. The van der Waals surface area contributed by atoms with Gasteiger partial charge < -0.3 is 14.4 Å². The number of nitrogens with zero attached hydrogens (tertiary/aromatic N) is 2. The van der Waals surface area contributed by atoms with Crippen LogP contribution in [0.5, 0.6) is 5.75 Å². The first-order chi connectivity index (χ1) is 11.9. The van der Waals surface area contributed by atoms with Crippen molar-refractivity contribution in [2.75, 3.05) is 14.1 Å². The highest BCUT2D eigenvalue weighted by atomic mass is 16.6. The van der Waals surface area contributed by atoms with Gasteiger partial charge in [-0.25, -0.2) is 4.79 Å². The summed E-state index contributed by atoms with van der Waals surface area (Å²) < 4.78 is 11.8. The molecular formula is C18H19N2O5+. The van der Waals surface area contributed by atoms with Crippen LogP contribution in [0.15, 0.2) is 48.8 Å². The second-order valence-electron chi connectivity index (χ2n) is 5.46. The average molecular weight is 343 g/mol. The Bertz CT molecular complexity index is 802. The summed E-state index contributed by atoms with van der Waals surface area (Å²) in [6, 6.07) is 9.69. The minimum absolute atomic E-state index is 0.0816. The average Bonchev–Trinajstić information content (AvgIpc) is 2.59. The number of aromatic nitrogens is 1. The highest BCUT2D eigenvalue weighted by Crippen LogP contribution is 2.19. The highest BCUT2D eigenvalue weighted by molar-refractivity contribution is 5.93. The molecule has 2 aromatic rings. The number of carbonyl (C=O) groups excluding carboxylic acids is 3. The van der Waals surface area contributed by atoms with E-state index in [0.29, 0.717) is 5.56 Å². The van der Waals surface area contributed by atoms with Crippen LogP contribution in [0.1, 0.15) is 27.6 Å². The van der Waals surface area contributed by atoms with Gasteiger partial charge in [-0.15, -0.1) is 0 Å². The predicted octanol–water partition coefficient (Wildman–Crippen LogP) is 1.42. The zero-order chi connectivity index (χ0) is 18.4. The van der Waals surface area contributed by atoms with E-state index in [1.807, 2.05) is 0 Å². The van der Waals surface area contributed by atoms with E-state index in [1.165, 1.54) is 24.0 Å². The van der Waals surface area contributed by atoms with Crippen molar-refractivity contribution in [3.8, 4) is 5.75 Å². The van der Waals surface area contributed by atoms with Crippen LogP contribution in [0, 0.1) is 0 Å². The summed E-state index contributed by atoms with van der Waals surface area (Å²) in [5, 5.41) is 0. The normalized spacial score (nSPS) is 10.0. The molecule has 1 heterocycles. The second kappa shape index (κ2) is 8.05. The molecule has 1 aromatic heterocycles. The van der Waals surface area contributed by atoms with Crippen molar-refractivity contribution in [3.63, 3.8) is 0 Å². The molecular weight excluding hydrogens is 324 g/mol. The smallest absolute Gasteiger partial charge is 0.346 e. The fourth-order valence-electron chi connectivity index (χ4n) is 2.08. The van der Waals surface area contributed by atoms with E-state index >= 15 is 0 Å². The number of amides is 1. The molecule has 0 aliphatic heterocycles. The number of carbonyl (C=O) groups is 3. The number of pyridine rings is 1. The van der Waals surface area contributed by atoms with Gasteiger partial charge >= 0.3 is 11.9 Å². The third-order valence-corrected chi connectivity index (χ3v) is 3.22. The quantitative estimate of drug-likeness (QED) is 0.466. The van der Waals surface area contributed by atoms with Crippen LogP contribution in [-0.2, 0) is 16.3 Å². The molecule has 0 fully saturated rings. The van der Waals surface area contributed by atoms with E-state index in [1.54, 1.807) is 55.3 Å². The first-order valence-electron chi connectivity index (χ1n) is 7.54. The lowest BCUT2D eigenvalue weighted by Crippen LogP contribution is -2.37. The molecule has 7 heteroatoms. The summed E-state index contributed by atoms with van der Waals surface area (Å²) in [6.07, 6.45) is 3.27. The Morgan fingerprint density at radius 3 is 2.48 bits per heavy atom. The summed E-state index contributed by atoms with van der Waals surface area (Å²) in [6.45, 7) is 1.17. The monoisotopic (exact) mass is 343 g/mol. The van der Waals surface area contributed by atoms with Gasteiger partial charge in [-0.3, -0.25) is 9.59 Å². The van der Waals surface area contributed by atoms with Gasteiger partial charge in [-0.2, -0.15) is 4.57 Å². The van der Waals surface area contributed by atoms with Gasteiger partial charge in [0, 0.05) is 27.1 Å². The van der Waals surface area contributed by atoms with Crippen LogP contribution >= 0.6 is 0 Å². The first-order valence-corrected chi connectivity index (χ1v) is 7.54. The Hall–Kier alpha value is -3.22. The van der Waals surface area contributed by atoms with Crippen molar-refractivity contribution in [2.45, 2.75) is 13.7 Å². The van der Waals surface area contributed by atoms with E-state index in [4.69, 9.17) is 9.47 Å². The number of esters is 2. The lowest BCUT2D eigenvalue weighted by molar-refractivity contribution is -0.727. The lowest BCUT2D eigenvalue weighted by Gasteiger charge is -2.09. The van der Waals surface area contributed by atoms with Gasteiger partial charge in [0.05, 0.1) is 0 Å².